The van der Waals surface area contributed by atoms with Crippen molar-refractivity contribution in [3.63, 3.8) is 0 Å². The highest BCUT2D eigenvalue weighted by molar-refractivity contribution is 5.90. The highest BCUT2D eigenvalue weighted by atomic mass is 19.1. The summed E-state index contributed by atoms with van der Waals surface area (Å²) in [5.74, 6) is -0.582. The smallest absolute Gasteiger partial charge is 0.249 e. The number of aromatic nitrogens is 3. The van der Waals surface area contributed by atoms with Crippen LogP contribution in [0.5, 0.6) is 0 Å². The molecule has 1 aromatic heterocycles. The molecule has 3 aromatic rings. The number of benzene rings is 2. The monoisotopic (exact) mass is 296 g/mol. The fraction of sp³-hybridized carbons (Fsp3) is 0.0625. The molecule has 0 fully saturated rings. The van der Waals surface area contributed by atoms with Gasteiger partial charge in [-0.15, -0.1) is 5.10 Å². The second-order valence-electron chi connectivity index (χ2n) is 4.66. The van der Waals surface area contributed by atoms with E-state index in [4.69, 9.17) is 0 Å². The zero-order chi connectivity index (χ0) is 15.4. The van der Waals surface area contributed by atoms with Gasteiger partial charge in [0.15, 0.2) is 0 Å². The minimum atomic E-state index is -0.402. The van der Waals surface area contributed by atoms with Crippen molar-refractivity contribution in [2.75, 3.05) is 5.32 Å². The largest absolute Gasteiger partial charge is 0.293 e. The fourth-order valence-corrected chi connectivity index (χ4v) is 2.01. The second kappa shape index (κ2) is 6.17. The average molecular weight is 296 g/mol. The molecule has 2 aromatic carbocycles. The predicted molar refractivity (Wildman–Crippen MR) is 80.1 cm³/mol. The molecule has 1 heterocycles. The van der Waals surface area contributed by atoms with E-state index in [0.717, 1.165) is 5.69 Å². The van der Waals surface area contributed by atoms with E-state index >= 15 is 0 Å². The van der Waals surface area contributed by atoms with Crippen molar-refractivity contribution in [1.82, 2.24) is 14.8 Å². The molecule has 0 aliphatic rings. The van der Waals surface area contributed by atoms with Crippen molar-refractivity contribution >= 4 is 11.9 Å². The van der Waals surface area contributed by atoms with Crippen LogP contribution in [0.2, 0.25) is 0 Å². The molecule has 0 atom stereocenters. The maximum Gasteiger partial charge on any atom is 0.249 e. The van der Waals surface area contributed by atoms with E-state index in [-0.39, 0.29) is 18.3 Å². The van der Waals surface area contributed by atoms with Gasteiger partial charge in [-0.3, -0.25) is 10.1 Å². The molecule has 0 bridgehead atoms. The molecule has 0 spiro atoms. The molecular formula is C16H13FN4O. The minimum absolute atomic E-state index is 0.0629. The van der Waals surface area contributed by atoms with Crippen molar-refractivity contribution < 1.29 is 9.18 Å². The quantitative estimate of drug-likeness (QED) is 0.805. The second-order valence-corrected chi connectivity index (χ2v) is 4.66. The summed E-state index contributed by atoms with van der Waals surface area (Å²) in [5, 5.41) is 6.72. The Labute approximate surface area is 126 Å². The lowest BCUT2D eigenvalue weighted by Crippen LogP contribution is -2.16. The Balaban J connectivity index is 1.68. The van der Waals surface area contributed by atoms with Crippen LogP contribution in [0.1, 0.15) is 5.56 Å². The van der Waals surface area contributed by atoms with Crippen molar-refractivity contribution in [1.29, 1.82) is 0 Å². The molecule has 1 amide bonds. The minimum Gasteiger partial charge on any atom is -0.293 e. The Morgan fingerprint density at radius 3 is 2.59 bits per heavy atom. The summed E-state index contributed by atoms with van der Waals surface area (Å²) in [4.78, 5) is 15.9. The van der Waals surface area contributed by atoms with Crippen LogP contribution in [-0.4, -0.2) is 20.7 Å². The molecule has 3 rings (SSSR count). The number of para-hydroxylation sites is 1. The summed E-state index contributed by atoms with van der Waals surface area (Å²) < 4.78 is 15.1. The number of nitrogens with zero attached hydrogens (tertiary/aromatic N) is 3. The number of hydrogen-bond donors (Lipinski definition) is 1. The first-order chi connectivity index (χ1) is 10.7. The Bertz CT molecular complexity index is 786. The highest BCUT2D eigenvalue weighted by Crippen LogP contribution is 2.09. The topological polar surface area (TPSA) is 59.8 Å². The number of halogens is 1. The number of carbonyl (C=O) groups is 1. The van der Waals surface area contributed by atoms with Gasteiger partial charge in [0.2, 0.25) is 11.9 Å². The lowest BCUT2D eigenvalue weighted by molar-refractivity contribution is -0.115. The van der Waals surface area contributed by atoms with Crippen LogP contribution in [0.4, 0.5) is 10.3 Å². The number of hydrogen-bond acceptors (Lipinski definition) is 3. The molecule has 0 unspecified atom stereocenters. The lowest BCUT2D eigenvalue weighted by atomic mass is 10.1. The number of carbonyl (C=O) groups excluding carboxylic acids is 1. The van der Waals surface area contributed by atoms with Gasteiger partial charge in [-0.25, -0.2) is 9.07 Å². The van der Waals surface area contributed by atoms with Crippen LogP contribution in [0.25, 0.3) is 5.69 Å². The van der Waals surface area contributed by atoms with E-state index in [1.807, 2.05) is 30.3 Å². The Morgan fingerprint density at radius 2 is 1.82 bits per heavy atom. The van der Waals surface area contributed by atoms with E-state index in [2.05, 4.69) is 15.4 Å². The van der Waals surface area contributed by atoms with Gasteiger partial charge in [0.1, 0.15) is 12.1 Å². The first-order valence-electron chi connectivity index (χ1n) is 6.73. The van der Waals surface area contributed by atoms with Gasteiger partial charge < -0.3 is 0 Å². The maximum atomic E-state index is 13.5. The van der Waals surface area contributed by atoms with Crippen LogP contribution in [0, 0.1) is 5.82 Å². The van der Waals surface area contributed by atoms with Crippen LogP contribution in [0.15, 0.2) is 60.9 Å². The van der Waals surface area contributed by atoms with E-state index < -0.39 is 5.82 Å². The molecule has 1 N–H and O–H groups in total. The van der Waals surface area contributed by atoms with Gasteiger partial charge in [-0.2, -0.15) is 4.98 Å². The van der Waals surface area contributed by atoms with E-state index in [9.17, 15) is 9.18 Å². The van der Waals surface area contributed by atoms with Crippen LogP contribution in [0.3, 0.4) is 0 Å². The first kappa shape index (κ1) is 13.9. The zero-order valence-corrected chi connectivity index (χ0v) is 11.6. The van der Waals surface area contributed by atoms with Crippen LogP contribution in [-0.2, 0) is 11.2 Å². The van der Waals surface area contributed by atoms with Crippen molar-refractivity contribution in [2.45, 2.75) is 6.42 Å². The lowest BCUT2D eigenvalue weighted by Gasteiger charge is -2.03. The number of rotatable bonds is 4. The van der Waals surface area contributed by atoms with Crippen LogP contribution < -0.4 is 5.32 Å². The third-order valence-electron chi connectivity index (χ3n) is 3.07. The summed E-state index contributed by atoms with van der Waals surface area (Å²) in [6.07, 6.45) is 1.45. The van der Waals surface area contributed by atoms with Gasteiger partial charge in [0.05, 0.1) is 12.1 Å². The summed E-state index contributed by atoms with van der Waals surface area (Å²) in [5.41, 5.74) is 1.17. The number of amides is 1. The molecule has 0 aliphatic carbocycles. The summed E-state index contributed by atoms with van der Waals surface area (Å²) in [7, 11) is 0. The summed E-state index contributed by atoms with van der Waals surface area (Å²) in [6.45, 7) is 0. The highest BCUT2D eigenvalue weighted by Gasteiger charge is 2.10. The van der Waals surface area contributed by atoms with Gasteiger partial charge in [0.25, 0.3) is 0 Å². The van der Waals surface area contributed by atoms with Crippen molar-refractivity contribution in [3.8, 4) is 5.69 Å². The molecule has 6 heteroatoms. The SMILES string of the molecule is O=C(Cc1ccccc1F)Nc1ncn(-c2ccccc2)n1. The Morgan fingerprint density at radius 1 is 1.09 bits per heavy atom. The zero-order valence-electron chi connectivity index (χ0n) is 11.6. The third kappa shape index (κ3) is 3.17. The van der Waals surface area contributed by atoms with Gasteiger partial charge in [-0.05, 0) is 23.8 Å². The normalized spacial score (nSPS) is 10.4. The molecule has 0 radical (unpaired) electrons. The third-order valence-corrected chi connectivity index (χ3v) is 3.07. The van der Waals surface area contributed by atoms with Crippen molar-refractivity contribution in [3.05, 3.63) is 72.3 Å². The molecule has 0 saturated heterocycles. The number of nitrogens with one attached hydrogen (secondary N) is 1. The fourth-order valence-electron chi connectivity index (χ4n) is 2.01. The molecule has 0 saturated carbocycles. The average Bonchev–Trinajstić information content (AvgIpc) is 2.99. The molecule has 0 aliphatic heterocycles. The predicted octanol–water partition coefficient (Wildman–Crippen LogP) is 2.59. The maximum absolute atomic E-state index is 13.5. The van der Waals surface area contributed by atoms with E-state index in [1.54, 1.807) is 22.9 Å². The van der Waals surface area contributed by atoms with Gasteiger partial charge in [0, 0.05) is 0 Å². The van der Waals surface area contributed by atoms with Crippen LogP contribution >= 0.6 is 0 Å². The molecule has 22 heavy (non-hydrogen) atoms. The Hall–Kier alpha value is -3.02. The number of anilines is 1. The summed E-state index contributed by atoms with van der Waals surface area (Å²) in [6, 6.07) is 15.6. The van der Waals surface area contributed by atoms with Gasteiger partial charge in [-0.1, -0.05) is 36.4 Å². The Kier molecular flexibility index (Phi) is 3.91. The molecule has 110 valence electrons. The standard InChI is InChI=1S/C16H13FN4O/c17-14-9-5-4-6-12(14)10-15(22)19-16-18-11-21(20-16)13-7-2-1-3-8-13/h1-9,11H,10H2,(H,19,20,22). The van der Waals surface area contributed by atoms with Crippen molar-refractivity contribution in [2.24, 2.45) is 0 Å². The van der Waals surface area contributed by atoms with Gasteiger partial charge >= 0.3 is 0 Å². The van der Waals surface area contributed by atoms with E-state index in [1.165, 1.54) is 12.4 Å². The molecular weight excluding hydrogens is 283 g/mol. The van der Waals surface area contributed by atoms with E-state index in [0.29, 0.717) is 5.56 Å². The first-order valence-corrected chi connectivity index (χ1v) is 6.73. The molecule has 5 nitrogen and oxygen atoms in total. The summed E-state index contributed by atoms with van der Waals surface area (Å²) >= 11 is 0.